The summed E-state index contributed by atoms with van der Waals surface area (Å²) in [6.07, 6.45) is -4.11. The summed E-state index contributed by atoms with van der Waals surface area (Å²) in [5.41, 5.74) is -0.779. The van der Waals surface area contributed by atoms with Crippen LogP contribution in [0.4, 0.5) is 30.7 Å². The van der Waals surface area contributed by atoms with Gasteiger partial charge in [-0.2, -0.15) is 8.78 Å². The fourth-order valence-corrected chi connectivity index (χ4v) is 1.95. The summed E-state index contributed by atoms with van der Waals surface area (Å²) in [7, 11) is 0. The molecule has 0 aliphatic carbocycles. The molecule has 0 N–H and O–H groups in total. The minimum absolute atomic E-state index is 0.586. The molecule has 1 heterocycles. The van der Waals surface area contributed by atoms with Gasteiger partial charge in [-0.3, -0.25) is 0 Å². The summed E-state index contributed by atoms with van der Waals surface area (Å²) >= 11 is 0. The van der Waals surface area contributed by atoms with E-state index in [9.17, 15) is 35.5 Å². The molecule has 0 atom stereocenters. The van der Waals surface area contributed by atoms with Gasteiger partial charge in [0.05, 0.1) is 0 Å². The minimum Gasteiger partial charge on any atom is -0.416 e. The van der Waals surface area contributed by atoms with Crippen molar-refractivity contribution in [3.05, 3.63) is 52.8 Å². The second-order valence-corrected chi connectivity index (χ2v) is 4.59. The quantitative estimate of drug-likeness (QED) is 0.265. The molecule has 2 aromatic rings. The van der Waals surface area contributed by atoms with Crippen LogP contribution in [0.2, 0.25) is 0 Å². The molecule has 0 saturated heterocycles. The molecule has 0 radical (unpaired) electrons. The van der Waals surface area contributed by atoms with Gasteiger partial charge in [-0.25, -0.2) is 18.0 Å². The lowest BCUT2D eigenvalue weighted by atomic mass is 10.2. The zero-order chi connectivity index (χ0) is 18.5. The van der Waals surface area contributed by atoms with Crippen molar-refractivity contribution >= 4 is 5.97 Å². The summed E-state index contributed by atoms with van der Waals surface area (Å²) in [5.74, 6) is -16.9. The van der Waals surface area contributed by atoms with Crippen LogP contribution < -0.4 is 14.2 Å². The Morgan fingerprint density at radius 2 is 1.44 bits per heavy atom. The fourth-order valence-electron chi connectivity index (χ4n) is 1.95. The third-order valence-corrected chi connectivity index (χ3v) is 3.01. The normalized spacial score (nSPS) is 14.5. The molecule has 2 aromatic carbocycles. The standard InChI is InChI=1S/C14H3F7O4/c15-6-7(16)9(18)12(10(19)8(6)17)23-13(22)4-2-1-3-5-11(4)25-14(20,21)24-5/h1-3H. The Balaban J connectivity index is 2.00. The first-order valence-electron chi connectivity index (χ1n) is 6.25. The molecule has 3 rings (SSSR count). The van der Waals surface area contributed by atoms with Gasteiger partial charge in [0.25, 0.3) is 0 Å². The molecule has 11 heteroatoms. The van der Waals surface area contributed by atoms with E-state index in [-0.39, 0.29) is 0 Å². The number of ether oxygens (including phenoxy) is 3. The summed E-state index contributed by atoms with van der Waals surface area (Å²) in [6, 6.07) is 2.89. The summed E-state index contributed by atoms with van der Waals surface area (Å²) < 4.78 is 104. The van der Waals surface area contributed by atoms with E-state index in [0.717, 1.165) is 18.2 Å². The van der Waals surface area contributed by atoms with E-state index in [0.29, 0.717) is 0 Å². The van der Waals surface area contributed by atoms with Crippen molar-refractivity contribution in [1.29, 1.82) is 0 Å². The molecule has 0 aromatic heterocycles. The SMILES string of the molecule is O=C(Oc1c(F)c(F)c(F)c(F)c1F)c1cccc2c1OC(F)(F)O2. The molecule has 0 bridgehead atoms. The van der Waals surface area contributed by atoms with Crippen LogP contribution in [-0.4, -0.2) is 12.3 Å². The van der Waals surface area contributed by atoms with Crippen LogP contribution in [0.1, 0.15) is 10.4 Å². The second kappa shape index (κ2) is 5.53. The topological polar surface area (TPSA) is 44.8 Å². The van der Waals surface area contributed by atoms with E-state index in [4.69, 9.17) is 0 Å². The first kappa shape index (κ1) is 16.9. The van der Waals surface area contributed by atoms with Gasteiger partial charge in [0.1, 0.15) is 5.56 Å². The highest BCUT2D eigenvalue weighted by Gasteiger charge is 2.45. The number of para-hydroxylation sites is 1. The molecule has 4 nitrogen and oxygen atoms in total. The molecule has 132 valence electrons. The van der Waals surface area contributed by atoms with Gasteiger partial charge >= 0.3 is 12.3 Å². The van der Waals surface area contributed by atoms with Crippen molar-refractivity contribution in [3.63, 3.8) is 0 Å². The zero-order valence-electron chi connectivity index (χ0n) is 11.5. The Morgan fingerprint density at radius 3 is 2.04 bits per heavy atom. The molecule has 0 amide bonds. The van der Waals surface area contributed by atoms with E-state index >= 15 is 0 Å². The molecule has 0 saturated carbocycles. The highest BCUT2D eigenvalue weighted by Crippen LogP contribution is 2.43. The third kappa shape index (κ3) is 2.71. The number of rotatable bonds is 2. The zero-order valence-corrected chi connectivity index (χ0v) is 11.5. The number of alkyl halides is 2. The lowest BCUT2D eigenvalue weighted by Crippen LogP contribution is -2.26. The number of halogens is 7. The third-order valence-electron chi connectivity index (χ3n) is 3.01. The predicted molar refractivity (Wildman–Crippen MR) is 63.8 cm³/mol. The van der Waals surface area contributed by atoms with Crippen LogP contribution in [0.3, 0.4) is 0 Å². The van der Waals surface area contributed by atoms with E-state index in [1.807, 2.05) is 0 Å². The van der Waals surface area contributed by atoms with Gasteiger partial charge in [-0.15, -0.1) is 8.78 Å². The molecule has 1 aliphatic rings. The van der Waals surface area contributed by atoms with E-state index in [2.05, 4.69) is 14.2 Å². The second-order valence-electron chi connectivity index (χ2n) is 4.59. The lowest BCUT2D eigenvalue weighted by Gasteiger charge is -2.10. The Bertz CT molecular complexity index is 868. The molecule has 0 spiro atoms. The van der Waals surface area contributed by atoms with Gasteiger partial charge in [-0.1, -0.05) is 6.07 Å². The number of hydrogen-bond donors (Lipinski definition) is 0. The van der Waals surface area contributed by atoms with Gasteiger partial charge in [0.2, 0.25) is 34.8 Å². The maximum atomic E-state index is 13.5. The summed E-state index contributed by atoms with van der Waals surface area (Å²) in [4.78, 5) is 11.9. The van der Waals surface area contributed by atoms with Crippen LogP contribution in [0.5, 0.6) is 17.2 Å². The largest absolute Gasteiger partial charge is 0.586 e. The monoisotopic (exact) mass is 368 g/mol. The van der Waals surface area contributed by atoms with Crippen LogP contribution in [0, 0.1) is 29.1 Å². The minimum atomic E-state index is -4.11. The first-order valence-corrected chi connectivity index (χ1v) is 6.25. The van der Waals surface area contributed by atoms with Gasteiger partial charge < -0.3 is 14.2 Å². The van der Waals surface area contributed by atoms with Crippen molar-refractivity contribution in [1.82, 2.24) is 0 Å². The van der Waals surface area contributed by atoms with E-state index in [1.54, 1.807) is 0 Å². The van der Waals surface area contributed by atoms with Gasteiger partial charge in [0, 0.05) is 0 Å². The number of carbonyl (C=O) groups excluding carboxylic acids is 1. The van der Waals surface area contributed by atoms with Crippen molar-refractivity contribution < 1.29 is 49.7 Å². The highest BCUT2D eigenvalue weighted by atomic mass is 19.3. The number of hydrogen-bond acceptors (Lipinski definition) is 4. The number of benzene rings is 2. The smallest absolute Gasteiger partial charge is 0.416 e. The Hall–Kier alpha value is -2.98. The van der Waals surface area contributed by atoms with Crippen LogP contribution >= 0.6 is 0 Å². The fraction of sp³-hybridized carbons (Fsp3) is 0.0714. The lowest BCUT2D eigenvalue weighted by molar-refractivity contribution is -0.286. The summed E-state index contributed by atoms with van der Waals surface area (Å²) in [5, 5.41) is 0. The van der Waals surface area contributed by atoms with Crippen molar-refractivity contribution in [2.45, 2.75) is 6.29 Å². The maximum absolute atomic E-state index is 13.5. The molecule has 0 fully saturated rings. The van der Waals surface area contributed by atoms with Crippen molar-refractivity contribution in [2.24, 2.45) is 0 Å². The van der Waals surface area contributed by atoms with E-state index < -0.39 is 64.2 Å². The molecule has 1 aliphatic heterocycles. The Labute approximate surface area is 133 Å². The van der Waals surface area contributed by atoms with E-state index in [1.165, 1.54) is 0 Å². The van der Waals surface area contributed by atoms with Crippen LogP contribution in [-0.2, 0) is 0 Å². The van der Waals surface area contributed by atoms with Gasteiger partial charge in [0.15, 0.2) is 11.5 Å². The van der Waals surface area contributed by atoms with Crippen LogP contribution in [0.15, 0.2) is 18.2 Å². The highest BCUT2D eigenvalue weighted by molar-refractivity contribution is 5.95. The van der Waals surface area contributed by atoms with Gasteiger partial charge in [-0.05, 0) is 12.1 Å². The molecule has 0 unspecified atom stereocenters. The number of fused-ring (bicyclic) bond motifs is 1. The molecular weight excluding hydrogens is 365 g/mol. The van der Waals surface area contributed by atoms with Crippen molar-refractivity contribution in [3.8, 4) is 17.2 Å². The average molecular weight is 368 g/mol. The first-order chi connectivity index (χ1) is 11.6. The van der Waals surface area contributed by atoms with Crippen LogP contribution in [0.25, 0.3) is 0 Å². The summed E-state index contributed by atoms with van der Waals surface area (Å²) in [6.45, 7) is 0. The average Bonchev–Trinajstić information content (AvgIpc) is 2.88. The molecular formula is C14H3F7O4. The predicted octanol–water partition coefficient (Wildman–Crippen LogP) is 3.92. The number of esters is 1. The molecule has 25 heavy (non-hydrogen) atoms. The van der Waals surface area contributed by atoms with Crippen molar-refractivity contribution in [2.75, 3.05) is 0 Å². The maximum Gasteiger partial charge on any atom is 0.586 e. The Morgan fingerprint density at radius 1 is 0.880 bits per heavy atom. The Kier molecular flexibility index (Phi) is 3.73. The number of carbonyl (C=O) groups is 1.